The molecule has 2 rings (SSSR count). The summed E-state index contributed by atoms with van der Waals surface area (Å²) in [7, 11) is 0. The molecule has 0 bridgehead atoms. The third-order valence-corrected chi connectivity index (χ3v) is 3.66. The van der Waals surface area contributed by atoms with E-state index in [-0.39, 0.29) is 17.8 Å². The van der Waals surface area contributed by atoms with Gasteiger partial charge in [0, 0.05) is 37.8 Å². The van der Waals surface area contributed by atoms with Gasteiger partial charge in [-0.3, -0.25) is 9.78 Å². The highest BCUT2D eigenvalue weighted by Gasteiger charge is 2.30. The molecule has 0 saturated carbocycles. The predicted octanol–water partition coefficient (Wildman–Crippen LogP) is 2.84. The molecule has 1 fully saturated rings. The third kappa shape index (κ3) is 4.83. The molecule has 0 aromatic carbocycles. The number of carbonyl (C=O) groups excluding carboxylic acids is 2. The second-order valence-electron chi connectivity index (χ2n) is 6.76. The highest BCUT2D eigenvalue weighted by molar-refractivity contribution is 5.84. The van der Waals surface area contributed by atoms with E-state index < -0.39 is 5.60 Å². The summed E-state index contributed by atoms with van der Waals surface area (Å²) in [5.74, 6) is 0.0777. The van der Waals surface area contributed by atoms with Gasteiger partial charge in [-0.1, -0.05) is 0 Å². The number of nitrogens with zero attached hydrogens (tertiary/aromatic N) is 2. The van der Waals surface area contributed by atoms with Crippen molar-refractivity contribution in [3.8, 4) is 0 Å². The molecule has 0 N–H and O–H groups in total. The van der Waals surface area contributed by atoms with Crippen molar-refractivity contribution in [1.82, 2.24) is 9.88 Å². The zero-order valence-corrected chi connectivity index (χ0v) is 13.5. The number of rotatable bonds is 3. The predicted molar refractivity (Wildman–Crippen MR) is 83.5 cm³/mol. The Labute approximate surface area is 131 Å². The fourth-order valence-electron chi connectivity index (χ4n) is 2.58. The molecule has 120 valence electrons. The van der Waals surface area contributed by atoms with Gasteiger partial charge in [0.05, 0.1) is 0 Å². The Morgan fingerprint density at radius 2 is 2.00 bits per heavy atom. The van der Waals surface area contributed by atoms with Gasteiger partial charge in [-0.25, -0.2) is 4.79 Å². The lowest BCUT2D eigenvalue weighted by Gasteiger charge is -2.33. The molecule has 22 heavy (non-hydrogen) atoms. The van der Waals surface area contributed by atoms with E-state index in [1.807, 2.05) is 32.9 Å². The van der Waals surface area contributed by atoms with Crippen molar-refractivity contribution in [3.05, 3.63) is 30.1 Å². The number of hydrogen-bond acceptors (Lipinski definition) is 4. The molecule has 1 aliphatic rings. The van der Waals surface area contributed by atoms with E-state index in [4.69, 9.17) is 4.74 Å². The van der Waals surface area contributed by atoms with Crippen molar-refractivity contribution >= 4 is 11.9 Å². The molecule has 0 aliphatic carbocycles. The molecular formula is C17H24N2O3. The van der Waals surface area contributed by atoms with Crippen LogP contribution < -0.4 is 0 Å². The van der Waals surface area contributed by atoms with Crippen LogP contribution in [0.25, 0.3) is 0 Å². The monoisotopic (exact) mass is 304 g/mol. The van der Waals surface area contributed by atoms with Crippen LogP contribution in [0.1, 0.15) is 39.2 Å². The number of carbonyl (C=O) groups is 2. The average molecular weight is 304 g/mol. The largest absolute Gasteiger partial charge is 0.444 e. The van der Waals surface area contributed by atoms with E-state index in [1.165, 1.54) is 0 Å². The summed E-state index contributed by atoms with van der Waals surface area (Å²) < 4.78 is 5.39. The highest BCUT2D eigenvalue weighted by Crippen LogP contribution is 2.21. The first-order valence-electron chi connectivity index (χ1n) is 7.75. The Bertz CT molecular complexity index is 522. The van der Waals surface area contributed by atoms with Crippen LogP contribution in [-0.4, -0.2) is 40.5 Å². The lowest BCUT2D eigenvalue weighted by atomic mass is 9.91. The summed E-state index contributed by atoms with van der Waals surface area (Å²) in [6.07, 6.45) is 5.13. The van der Waals surface area contributed by atoms with Crippen molar-refractivity contribution in [2.45, 2.75) is 45.6 Å². The van der Waals surface area contributed by atoms with Gasteiger partial charge in [-0.2, -0.15) is 0 Å². The third-order valence-electron chi connectivity index (χ3n) is 3.66. The first-order chi connectivity index (χ1) is 10.3. The summed E-state index contributed by atoms with van der Waals surface area (Å²) in [4.78, 5) is 30.2. The molecule has 0 radical (unpaired) electrons. The number of pyridine rings is 1. The van der Waals surface area contributed by atoms with E-state index in [2.05, 4.69) is 4.98 Å². The van der Waals surface area contributed by atoms with Crippen LogP contribution in [0.15, 0.2) is 24.5 Å². The van der Waals surface area contributed by atoms with E-state index in [9.17, 15) is 9.59 Å². The summed E-state index contributed by atoms with van der Waals surface area (Å²) in [5, 5.41) is 0. The number of ketones is 1. The minimum Gasteiger partial charge on any atom is -0.444 e. The number of likely N-dealkylation sites (tertiary alicyclic amines) is 1. The first kappa shape index (κ1) is 16.5. The van der Waals surface area contributed by atoms with Crippen LogP contribution in [-0.2, 0) is 16.0 Å². The van der Waals surface area contributed by atoms with Gasteiger partial charge in [0.15, 0.2) is 0 Å². The van der Waals surface area contributed by atoms with Gasteiger partial charge in [-0.05, 0) is 51.3 Å². The quantitative estimate of drug-likeness (QED) is 0.861. The van der Waals surface area contributed by atoms with Crippen LogP contribution in [0.2, 0.25) is 0 Å². The number of aromatic nitrogens is 1. The molecule has 5 nitrogen and oxygen atoms in total. The minimum atomic E-state index is -0.509. The summed E-state index contributed by atoms with van der Waals surface area (Å²) in [6.45, 7) is 6.66. The molecule has 2 heterocycles. The lowest BCUT2D eigenvalue weighted by molar-refractivity contribution is -0.123. The Kier molecular flexibility index (Phi) is 5.16. The Hall–Kier alpha value is -1.91. The van der Waals surface area contributed by atoms with Crippen molar-refractivity contribution < 1.29 is 14.3 Å². The zero-order valence-electron chi connectivity index (χ0n) is 13.5. The second-order valence-corrected chi connectivity index (χ2v) is 6.76. The fraction of sp³-hybridized carbons (Fsp3) is 0.588. The summed E-state index contributed by atoms with van der Waals surface area (Å²) in [5.41, 5.74) is 0.458. The fourth-order valence-corrected chi connectivity index (χ4v) is 2.58. The molecule has 0 unspecified atom stereocenters. The highest BCUT2D eigenvalue weighted by atomic mass is 16.6. The van der Waals surface area contributed by atoms with E-state index >= 15 is 0 Å². The SMILES string of the molecule is CC(C)(C)OC(=O)N1CCC[C@H](C(=O)Cc2ccncc2)C1. The van der Waals surface area contributed by atoms with Crippen LogP contribution in [0.3, 0.4) is 0 Å². The van der Waals surface area contributed by atoms with Gasteiger partial charge in [0.25, 0.3) is 0 Å². The van der Waals surface area contributed by atoms with Gasteiger partial charge in [0.1, 0.15) is 11.4 Å². The molecular weight excluding hydrogens is 280 g/mol. The van der Waals surface area contributed by atoms with E-state index in [1.54, 1.807) is 17.3 Å². The maximum absolute atomic E-state index is 12.4. The topological polar surface area (TPSA) is 59.5 Å². The van der Waals surface area contributed by atoms with Gasteiger partial charge < -0.3 is 9.64 Å². The second kappa shape index (κ2) is 6.90. The average Bonchev–Trinajstić information content (AvgIpc) is 2.46. The normalized spacial score (nSPS) is 18.9. The molecule has 1 atom stereocenters. The molecule has 1 aromatic heterocycles. The summed E-state index contributed by atoms with van der Waals surface area (Å²) >= 11 is 0. The lowest BCUT2D eigenvalue weighted by Crippen LogP contribution is -2.44. The Morgan fingerprint density at radius 1 is 1.32 bits per heavy atom. The van der Waals surface area contributed by atoms with Crippen molar-refractivity contribution in [2.75, 3.05) is 13.1 Å². The summed E-state index contributed by atoms with van der Waals surface area (Å²) in [6, 6.07) is 3.71. The van der Waals surface area contributed by atoms with Crippen molar-refractivity contribution in [3.63, 3.8) is 0 Å². The maximum atomic E-state index is 12.4. The molecule has 1 aromatic rings. The van der Waals surface area contributed by atoms with Gasteiger partial charge in [0.2, 0.25) is 0 Å². The number of ether oxygens (including phenoxy) is 1. The van der Waals surface area contributed by atoms with Crippen LogP contribution >= 0.6 is 0 Å². The number of piperidine rings is 1. The molecule has 1 saturated heterocycles. The van der Waals surface area contributed by atoms with E-state index in [0.29, 0.717) is 19.5 Å². The molecule has 1 amide bonds. The van der Waals surface area contributed by atoms with Gasteiger partial charge in [-0.15, -0.1) is 0 Å². The number of Topliss-reactive ketones (excluding diaryl/α,β-unsaturated/α-hetero) is 1. The number of amides is 1. The van der Waals surface area contributed by atoms with Crippen molar-refractivity contribution in [1.29, 1.82) is 0 Å². The van der Waals surface area contributed by atoms with E-state index in [0.717, 1.165) is 18.4 Å². The molecule has 5 heteroatoms. The Balaban J connectivity index is 1.92. The molecule has 0 spiro atoms. The van der Waals surface area contributed by atoms with Crippen LogP contribution in [0.4, 0.5) is 4.79 Å². The van der Waals surface area contributed by atoms with Gasteiger partial charge >= 0.3 is 6.09 Å². The smallest absolute Gasteiger partial charge is 0.410 e. The maximum Gasteiger partial charge on any atom is 0.410 e. The zero-order chi connectivity index (χ0) is 16.2. The van der Waals surface area contributed by atoms with Crippen LogP contribution in [0, 0.1) is 5.92 Å². The number of hydrogen-bond donors (Lipinski definition) is 0. The Morgan fingerprint density at radius 3 is 2.64 bits per heavy atom. The molecule has 1 aliphatic heterocycles. The van der Waals surface area contributed by atoms with Crippen molar-refractivity contribution in [2.24, 2.45) is 5.92 Å². The first-order valence-corrected chi connectivity index (χ1v) is 7.75. The van der Waals surface area contributed by atoms with Crippen LogP contribution in [0.5, 0.6) is 0 Å². The minimum absolute atomic E-state index is 0.102. The standard InChI is InChI=1S/C17H24N2O3/c1-17(2,3)22-16(21)19-10-4-5-14(12-19)15(20)11-13-6-8-18-9-7-13/h6-9,14H,4-5,10-12H2,1-3H3/t14-/m0/s1.